The largest absolute Gasteiger partial charge is 0.449 e. The number of alkyl carbamates (subject to hydrolysis) is 2. The first-order valence-electron chi connectivity index (χ1n) is 12.4. The number of nitrogens with zero attached hydrogens (tertiary/aromatic N) is 1. The number of ether oxygens (including phenoxy) is 2. The molecule has 1 aromatic heterocycles. The lowest BCUT2D eigenvalue weighted by Gasteiger charge is -2.28. The fourth-order valence-electron chi connectivity index (χ4n) is 3.79. The lowest BCUT2D eigenvalue weighted by molar-refractivity contribution is 0.0859. The van der Waals surface area contributed by atoms with E-state index in [4.69, 9.17) is 9.47 Å². The molecule has 0 bridgehead atoms. The second-order valence-electron chi connectivity index (χ2n) is 9.31. The number of nitrogens with one attached hydrogen (secondary N) is 2. The molecule has 9 heteroatoms. The summed E-state index contributed by atoms with van der Waals surface area (Å²) in [6.07, 6.45) is 0.631. The van der Waals surface area contributed by atoms with Gasteiger partial charge in [-0.1, -0.05) is 74.5 Å². The summed E-state index contributed by atoms with van der Waals surface area (Å²) in [6, 6.07) is 18.3. The topological polar surface area (TPSA) is 110 Å². The van der Waals surface area contributed by atoms with E-state index >= 15 is 0 Å². The molecule has 37 heavy (non-hydrogen) atoms. The maximum Gasteiger partial charge on any atom is 0.407 e. The second kappa shape index (κ2) is 15.0. The quantitative estimate of drug-likeness (QED) is 0.298. The SMILES string of the molecule is CC(C)COC(=O)NC(Cc1ccccc1)CC(O)C(Cc1ccccc1)NC(=O)OCc1cncs1. The zero-order chi connectivity index (χ0) is 26.5. The van der Waals surface area contributed by atoms with Crippen LogP contribution in [0.5, 0.6) is 0 Å². The van der Waals surface area contributed by atoms with Crippen LogP contribution >= 0.6 is 11.3 Å². The zero-order valence-electron chi connectivity index (χ0n) is 21.2. The van der Waals surface area contributed by atoms with Gasteiger partial charge in [0.25, 0.3) is 0 Å². The third-order valence-corrected chi connectivity index (χ3v) is 6.37. The Morgan fingerprint density at radius 1 is 0.919 bits per heavy atom. The van der Waals surface area contributed by atoms with E-state index in [0.29, 0.717) is 19.4 Å². The van der Waals surface area contributed by atoms with Crippen LogP contribution in [0.4, 0.5) is 9.59 Å². The summed E-state index contributed by atoms with van der Waals surface area (Å²) in [5, 5.41) is 17.0. The van der Waals surface area contributed by atoms with Crippen molar-refractivity contribution < 1.29 is 24.2 Å². The van der Waals surface area contributed by atoms with E-state index in [1.165, 1.54) is 11.3 Å². The molecule has 2 amide bonds. The molecular formula is C28H35N3O5S. The number of carbonyl (C=O) groups excluding carboxylic acids is 2. The van der Waals surface area contributed by atoms with E-state index < -0.39 is 30.4 Å². The third kappa shape index (κ3) is 10.6. The normalized spacial score (nSPS) is 13.4. The number of carbonyl (C=O) groups is 2. The van der Waals surface area contributed by atoms with Gasteiger partial charge in [0.1, 0.15) is 6.61 Å². The van der Waals surface area contributed by atoms with Crippen LogP contribution in [0.1, 0.15) is 36.3 Å². The Bertz CT molecular complexity index is 1060. The second-order valence-corrected chi connectivity index (χ2v) is 10.3. The Morgan fingerprint density at radius 3 is 2.14 bits per heavy atom. The molecule has 3 aromatic rings. The van der Waals surface area contributed by atoms with Crippen LogP contribution in [0.25, 0.3) is 0 Å². The number of rotatable bonds is 13. The van der Waals surface area contributed by atoms with Gasteiger partial charge in [-0.25, -0.2) is 9.59 Å². The number of benzene rings is 2. The van der Waals surface area contributed by atoms with Gasteiger partial charge >= 0.3 is 12.2 Å². The van der Waals surface area contributed by atoms with Gasteiger partial charge in [0.2, 0.25) is 0 Å². The molecule has 3 unspecified atom stereocenters. The van der Waals surface area contributed by atoms with Crippen molar-refractivity contribution in [3.8, 4) is 0 Å². The molecule has 8 nitrogen and oxygen atoms in total. The highest BCUT2D eigenvalue weighted by Gasteiger charge is 2.27. The Hall–Kier alpha value is -3.43. The van der Waals surface area contributed by atoms with Gasteiger partial charge in [-0.2, -0.15) is 0 Å². The molecule has 198 valence electrons. The van der Waals surface area contributed by atoms with Crippen LogP contribution in [0, 0.1) is 5.92 Å². The maximum atomic E-state index is 12.6. The smallest absolute Gasteiger partial charge is 0.407 e. The van der Waals surface area contributed by atoms with Gasteiger partial charge in [-0.05, 0) is 36.3 Å². The van der Waals surface area contributed by atoms with Crippen molar-refractivity contribution in [1.29, 1.82) is 0 Å². The van der Waals surface area contributed by atoms with Gasteiger partial charge < -0.3 is 25.2 Å². The maximum absolute atomic E-state index is 12.6. The zero-order valence-corrected chi connectivity index (χ0v) is 22.0. The molecule has 0 aliphatic carbocycles. The summed E-state index contributed by atoms with van der Waals surface area (Å²) in [5.41, 5.74) is 3.64. The van der Waals surface area contributed by atoms with Crippen molar-refractivity contribution in [2.75, 3.05) is 6.61 Å². The summed E-state index contributed by atoms with van der Waals surface area (Å²) in [4.78, 5) is 29.9. The lowest BCUT2D eigenvalue weighted by atomic mass is 9.94. The Balaban J connectivity index is 1.69. The van der Waals surface area contributed by atoms with Crippen LogP contribution in [0.3, 0.4) is 0 Å². The first-order valence-corrected chi connectivity index (χ1v) is 13.3. The van der Waals surface area contributed by atoms with Crippen molar-refractivity contribution >= 4 is 23.5 Å². The summed E-state index contributed by atoms with van der Waals surface area (Å²) in [7, 11) is 0. The molecule has 3 atom stereocenters. The molecule has 0 radical (unpaired) electrons. The number of aliphatic hydroxyl groups excluding tert-OH is 1. The molecule has 3 N–H and O–H groups in total. The minimum absolute atomic E-state index is 0.102. The molecule has 0 aliphatic rings. The number of aromatic nitrogens is 1. The van der Waals surface area contributed by atoms with Crippen molar-refractivity contribution in [1.82, 2.24) is 15.6 Å². The van der Waals surface area contributed by atoms with Gasteiger partial charge in [0.15, 0.2) is 0 Å². The number of thiazole rings is 1. The highest BCUT2D eigenvalue weighted by molar-refractivity contribution is 7.09. The van der Waals surface area contributed by atoms with Crippen molar-refractivity contribution in [3.63, 3.8) is 0 Å². The van der Waals surface area contributed by atoms with Gasteiger partial charge in [0.05, 0.1) is 29.1 Å². The summed E-state index contributed by atoms with van der Waals surface area (Å²) in [5.74, 6) is 0.208. The molecule has 3 rings (SSSR count). The van der Waals surface area contributed by atoms with Crippen LogP contribution in [0.2, 0.25) is 0 Å². The van der Waals surface area contributed by atoms with Gasteiger partial charge in [0, 0.05) is 12.2 Å². The van der Waals surface area contributed by atoms with Gasteiger partial charge in [-0.15, -0.1) is 11.3 Å². The molecule has 0 saturated carbocycles. The Kier molecular flexibility index (Phi) is 11.4. The molecule has 0 fully saturated rings. The minimum atomic E-state index is -0.963. The van der Waals surface area contributed by atoms with Crippen molar-refractivity contribution in [2.45, 2.75) is 57.9 Å². The minimum Gasteiger partial charge on any atom is -0.449 e. The predicted molar refractivity (Wildman–Crippen MR) is 143 cm³/mol. The summed E-state index contributed by atoms with van der Waals surface area (Å²) in [6.45, 7) is 4.33. The van der Waals surface area contributed by atoms with E-state index in [1.54, 1.807) is 11.7 Å². The van der Waals surface area contributed by atoms with Crippen LogP contribution in [-0.4, -0.2) is 47.1 Å². The van der Waals surface area contributed by atoms with Crippen LogP contribution in [0.15, 0.2) is 72.4 Å². The first-order chi connectivity index (χ1) is 17.9. The molecular weight excluding hydrogens is 490 g/mol. The van der Waals surface area contributed by atoms with Crippen molar-refractivity contribution in [3.05, 3.63) is 88.4 Å². The van der Waals surface area contributed by atoms with Crippen LogP contribution < -0.4 is 10.6 Å². The van der Waals surface area contributed by atoms with E-state index in [0.717, 1.165) is 16.0 Å². The average Bonchev–Trinajstić information content (AvgIpc) is 3.41. The molecule has 0 aliphatic heterocycles. The highest BCUT2D eigenvalue weighted by atomic mass is 32.1. The fourth-order valence-corrected chi connectivity index (χ4v) is 4.30. The Labute approximate surface area is 222 Å². The van der Waals surface area contributed by atoms with E-state index in [9.17, 15) is 14.7 Å². The van der Waals surface area contributed by atoms with Crippen LogP contribution in [-0.2, 0) is 28.9 Å². The Morgan fingerprint density at radius 2 is 1.54 bits per heavy atom. The first kappa shape index (κ1) is 28.1. The van der Waals surface area contributed by atoms with Crippen molar-refractivity contribution in [2.24, 2.45) is 5.92 Å². The van der Waals surface area contributed by atoms with E-state index in [2.05, 4.69) is 15.6 Å². The van der Waals surface area contributed by atoms with E-state index in [-0.39, 0.29) is 18.9 Å². The number of hydrogen-bond donors (Lipinski definition) is 3. The van der Waals surface area contributed by atoms with E-state index in [1.807, 2.05) is 74.5 Å². The molecule has 0 saturated heterocycles. The lowest BCUT2D eigenvalue weighted by Crippen LogP contribution is -2.48. The standard InChI is InChI=1S/C28H35N3O5S/c1-20(2)17-35-27(33)30-23(13-21-9-5-3-6-10-21)15-26(32)25(14-22-11-7-4-8-12-22)31-28(34)36-18-24-16-29-19-37-24/h3-12,16,19-20,23,25-26,32H,13-15,17-18H2,1-2H3,(H,30,33)(H,31,34). The summed E-state index contributed by atoms with van der Waals surface area (Å²) < 4.78 is 10.7. The monoisotopic (exact) mass is 525 g/mol. The number of aliphatic hydroxyl groups is 1. The third-order valence-electron chi connectivity index (χ3n) is 5.62. The number of amides is 2. The molecule has 1 heterocycles. The fraction of sp³-hybridized carbons (Fsp3) is 0.393. The summed E-state index contributed by atoms with van der Waals surface area (Å²) >= 11 is 1.40. The van der Waals surface area contributed by atoms with Gasteiger partial charge in [-0.3, -0.25) is 4.98 Å². The highest BCUT2D eigenvalue weighted by Crippen LogP contribution is 2.15. The number of hydrogen-bond acceptors (Lipinski definition) is 7. The average molecular weight is 526 g/mol. The molecule has 0 spiro atoms. The predicted octanol–water partition coefficient (Wildman–Crippen LogP) is 4.73. The molecule has 2 aromatic carbocycles.